The number of H-pyrrole nitrogens is 2. The van der Waals surface area contributed by atoms with E-state index >= 15 is 0 Å². The number of piperidine rings is 1. The maximum Gasteiger partial charge on any atom is 0.407 e. The van der Waals surface area contributed by atoms with E-state index in [1.807, 2.05) is 39.5 Å². The second-order valence-corrected chi connectivity index (χ2v) is 20.7. The highest BCUT2D eigenvalue weighted by Gasteiger charge is 2.39. The lowest BCUT2D eigenvalue weighted by molar-refractivity contribution is -0.136. The zero-order valence-corrected chi connectivity index (χ0v) is 43.4. The third-order valence-electron chi connectivity index (χ3n) is 15.3. The van der Waals surface area contributed by atoms with Crippen LogP contribution in [0.25, 0.3) is 22.1 Å². The van der Waals surface area contributed by atoms with Crippen molar-refractivity contribution >= 4 is 57.4 Å². The van der Waals surface area contributed by atoms with Crippen LogP contribution in [-0.2, 0) is 25.6 Å². The molecule has 5 unspecified atom stereocenters. The maximum atomic E-state index is 14.0. The molecule has 0 radical (unpaired) electrons. The van der Waals surface area contributed by atoms with Crippen molar-refractivity contribution in [2.45, 2.75) is 122 Å². The molecular formula is C57H72N10O6. The lowest BCUT2D eigenvalue weighted by Crippen LogP contribution is -2.51. The summed E-state index contributed by atoms with van der Waals surface area (Å²) >= 11 is 0. The van der Waals surface area contributed by atoms with E-state index in [1.54, 1.807) is 4.90 Å². The molecule has 4 aromatic carbocycles. The summed E-state index contributed by atoms with van der Waals surface area (Å²) in [6.07, 6.45) is 5.16. The smallest absolute Gasteiger partial charge is 0.407 e. The van der Waals surface area contributed by atoms with Crippen molar-refractivity contribution in [2.75, 3.05) is 50.2 Å². The Labute approximate surface area is 428 Å². The van der Waals surface area contributed by atoms with Crippen LogP contribution in [-0.4, -0.2) is 106 Å². The van der Waals surface area contributed by atoms with Gasteiger partial charge in [0.1, 0.15) is 23.7 Å². The first-order valence-electron chi connectivity index (χ1n) is 26.3. The van der Waals surface area contributed by atoms with Gasteiger partial charge in [-0.3, -0.25) is 9.59 Å². The number of imidazole rings is 2. The number of carbonyl (C=O) groups excluding carboxylic acids is 4. The average molecular weight is 993 g/mol. The summed E-state index contributed by atoms with van der Waals surface area (Å²) in [7, 11) is 2.60. The molecule has 5 atom stereocenters. The van der Waals surface area contributed by atoms with Crippen molar-refractivity contribution in [1.82, 2.24) is 40.4 Å². The van der Waals surface area contributed by atoms with Crippen molar-refractivity contribution in [1.29, 1.82) is 0 Å². The number of fused-ring (bicyclic) bond motifs is 2. The lowest BCUT2D eigenvalue weighted by Gasteiger charge is -2.35. The van der Waals surface area contributed by atoms with Gasteiger partial charge in [-0.15, -0.1) is 0 Å². The van der Waals surface area contributed by atoms with Gasteiger partial charge < -0.3 is 49.7 Å². The van der Waals surface area contributed by atoms with Crippen molar-refractivity contribution in [3.8, 4) is 0 Å². The quantitative estimate of drug-likeness (QED) is 0.0729. The molecule has 0 spiro atoms. The molecule has 3 saturated heterocycles. The van der Waals surface area contributed by atoms with Crippen LogP contribution in [0.15, 0.2) is 91.0 Å². The summed E-state index contributed by atoms with van der Waals surface area (Å²) in [6.45, 7) is 13.1. The first kappa shape index (κ1) is 50.8. The van der Waals surface area contributed by atoms with Crippen molar-refractivity contribution in [3.63, 3.8) is 0 Å². The number of rotatable bonds is 16. The summed E-state index contributed by atoms with van der Waals surface area (Å²) < 4.78 is 9.70. The highest BCUT2D eigenvalue weighted by Crippen LogP contribution is 2.48. The Morgan fingerprint density at radius 3 is 1.86 bits per heavy atom. The number of hydrogen-bond acceptors (Lipinski definition) is 10. The van der Waals surface area contributed by atoms with Gasteiger partial charge in [-0.1, -0.05) is 77.1 Å². The number of methoxy groups -OCH3 is 2. The Morgan fingerprint density at radius 2 is 1.26 bits per heavy atom. The number of hydrogen-bond donors (Lipinski definition) is 4. The van der Waals surface area contributed by atoms with E-state index in [0.717, 1.165) is 97.2 Å². The molecule has 16 nitrogen and oxygen atoms in total. The van der Waals surface area contributed by atoms with Gasteiger partial charge in [0.05, 0.1) is 61.0 Å². The van der Waals surface area contributed by atoms with Gasteiger partial charge in [0.15, 0.2) is 0 Å². The van der Waals surface area contributed by atoms with Crippen LogP contribution in [0.1, 0.15) is 132 Å². The number of alkyl carbamates (subject to hydrolysis) is 2. The minimum Gasteiger partial charge on any atom is -0.453 e. The van der Waals surface area contributed by atoms with Crippen LogP contribution in [0.4, 0.5) is 21.0 Å². The van der Waals surface area contributed by atoms with Crippen molar-refractivity contribution < 1.29 is 28.7 Å². The number of ether oxygens (including phenoxy) is 2. The van der Waals surface area contributed by atoms with Gasteiger partial charge >= 0.3 is 12.2 Å². The molecule has 16 heteroatoms. The van der Waals surface area contributed by atoms with Gasteiger partial charge in [-0.05, 0) is 128 Å². The van der Waals surface area contributed by atoms with E-state index in [1.165, 1.54) is 31.0 Å². The largest absolute Gasteiger partial charge is 0.453 e. The molecular weight excluding hydrogens is 921 g/mol. The van der Waals surface area contributed by atoms with Crippen molar-refractivity contribution in [3.05, 3.63) is 119 Å². The van der Waals surface area contributed by atoms with Gasteiger partial charge in [0, 0.05) is 37.6 Å². The molecule has 3 aliphatic rings. The normalized spacial score (nSPS) is 19.2. The van der Waals surface area contributed by atoms with E-state index in [-0.39, 0.29) is 48.3 Å². The van der Waals surface area contributed by atoms with Gasteiger partial charge in [0.25, 0.3) is 0 Å². The molecule has 4 N–H and O–H groups in total. The Morgan fingerprint density at radius 1 is 0.671 bits per heavy atom. The number of likely N-dealkylation sites (tertiary alicyclic amines) is 1. The molecule has 3 aliphatic heterocycles. The van der Waals surface area contributed by atoms with E-state index in [0.29, 0.717) is 24.8 Å². The van der Waals surface area contributed by atoms with E-state index in [4.69, 9.17) is 19.4 Å². The van der Waals surface area contributed by atoms with Gasteiger partial charge in [-0.2, -0.15) is 0 Å². The fourth-order valence-electron chi connectivity index (χ4n) is 11.4. The van der Waals surface area contributed by atoms with Gasteiger partial charge in [0.2, 0.25) is 11.8 Å². The molecule has 6 aromatic rings. The molecule has 0 bridgehead atoms. The summed E-state index contributed by atoms with van der Waals surface area (Å²) in [4.78, 5) is 78.2. The van der Waals surface area contributed by atoms with E-state index < -0.39 is 24.3 Å². The summed E-state index contributed by atoms with van der Waals surface area (Å²) in [5.41, 5.74) is 9.61. The highest BCUT2D eigenvalue weighted by molar-refractivity contribution is 5.87. The molecule has 9 rings (SSSR count). The fraction of sp³-hybridized carbons (Fsp3) is 0.474. The van der Waals surface area contributed by atoms with Crippen LogP contribution in [0.5, 0.6) is 0 Å². The Balaban J connectivity index is 0.998. The van der Waals surface area contributed by atoms with Crippen molar-refractivity contribution in [2.24, 2.45) is 11.8 Å². The lowest BCUT2D eigenvalue weighted by atomic mass is 9.89. The summed E-state index contributed by atoms with van der Waals surface area (Å²) in [6, 6.07) is 31.4. The topological polar surface area (TPSA) is 181 Å². The zero-order chi connectivity index (χ0) is 51.3. The first-order chi connectivity index (χ1) is 35.3. The number of anilines is 2. The highest BCUT2D eigenvalue weighted by atomic mass is 16.5. The van der Waals surface area contributed by atoms with E-state index in [2.05, 4.69) is 121 Å². The fourth-order valence-corrected chi connectivity index (χ4v) is 11.4. The predicted octanol–water partition coefficient (Wildman–Crippen LogP) is 10.1. The number of benzene rings is 4. The summed E-state index contributed by atoms with van der Waals surface area (Å²) in [5.74, 6) is 1.41. The third kappa shape index (κ3) is 11.0. The molecule has 386 valence electrons. The zero-order valence-electron chi connectivity index (χ0n) is 43.4. The van der Waals surface area contributed by atoms with E-state index in [9.17, 15) is 19.2 Å². The summed E-state index contributed by atoms with van der Waals surface area (Å²) in [5, 5.41) is 5.49. The van der Waals surface area contributed by atoms with Gasteiger partial charge in [-0.25, -0.2) is 19.6 Å². The van der Waals surface area contributed by atoms with Crippen LogP contribution < -0.4 is 20.4 Å². The second kappa shape index (κ2) is 22.3. The number of carbonyl (C=O) groups is 4. The van der Waals surface area contributed by atoms with Crippen LogP contribution >= 0.6 is 0 Å². The number of nitrogens with zero attached hydrogens (tertiary/aromatic N) is 6. The molecule has 3 fully saturated rings. The number of nitrogens with one attached hydrogen (secondary N) is 4. The minimum atomic E-state index is -0.734. The Bertz CT molecular complexity index is 2870. The number of aromatic amines is 2. The second-order valence-electron chi connectivity index (χ2n) is 20.7. The molecule has 73 heavy (non-hydrogen) atoms. The maximum absolute atomic E-state index is 14.0. The molecule has 4 amide bonds. The number of aromatic nitrogens is 4. The predicted molar refractivity (Wildman–Crippen MR) is 284 cm³/mol. The van der Waals surface area contributed by atoms with Crippen LogP contribution in [0.2, 0.25) is 0 Å². The molecule has 5 heterocycles. The molecule has 0 saturated carbocycles. The average Bonchev–Trinajstić information content (AvgIpc) is 4.24. The molecule has 0 aliphatic carbocycles. The Hall–Kier alpha value is -7.10. The number of amides is 4. The monoisotopic (exact) mass is 993 g/mol. The first-order valence-corrected chi connectivity index (χ1v) is 26.3. The minimum absolute atomic E-state index is 0.0431. The van der Waals surface area contributed by atoms with Crippen LogP contribution in [0.3, 0.4) is 0 Å². The Kier molecular flexibility index (Phi) is 15.6. The standard InChI is InChI=1S/C57H72N10O6/c1-8-28-65(54(68)51(35(2)3)62-56(70)72-6)34-50-58-43-22-16-39(32-45(43)59-50)47-24-25-48(67(47)42-20-18-41(19-21-42)64-30-26-38(27-31-64)37-13-10-9-11-14-37)40-17-23-44-46(33-40)61-53(60-44)49-15-12-29-66(49)55(69)52(36(4)5)63-57(71)73-7/h9-11,13-14,16-23,32-33,35-36,38,47-49,51-52H,8,12,15,24-31,34H2,1-7H3,(H,58,59)(H,60,61)(H,62,70)(H,63,71). The third-order valence-corrected chi connectivity index (χ3v) is 15.3. The van der Waals surface area contributed by atoms with Crippen LogP contribution in [0, 0.1) is 11.8 Å². The molecule has 2 aromatic heterocycles. The SMILES string of the molecule is CCCN(Cc1nc2ccc(C3CCC(c4ccc5nc(C6CCCN6C(=O)C(NC(=O)OC)C(C)C)[nH]c5c4)N3c3ccc(N4CCC(c5ccccc5)CC4)cc3)cc2[nH]1)C(=O)C(NC(=O)OC)C(C)C.